The standard InChI is InChI=1S/C17H20N4O4S/c18-21-15(22)13-5-12(26(24,25)19-17-6-11(7-17)8-17)3-4-14(13)20(16(21)23)9-10-1-2-10/h3-5,10-11,19H,1-2,6-9,18H2. The molecule has 4 aliphatic rings. The third-order valence-corrected chi connectivity index (χ3v) is 7.56. The Kier molecular flexibility index (Phi) is 3.08. The number of nitrogen functional groups attached to an aromatic ring is 1. The first kappa shape index (κ1) is 16.1. The van der Waals surface area contributed by atoms with Crippen LogP contribution in [0.25, 0.3) is 10.9 Å². The Morgan fingerprint density at radius 2 is 1.88 bits per heavy atom. The van der Waals surface area contributed by atoms with Gasteiger partial charge >= 0.3 is 5.69 Å². The smallest absolute Gasteiger partial charge is 0.332 e. The van der Waals surface area contributed by atoms with Crippen molar-refractivity contribution in [1.29, 1.82) is 0 Å². The van der Waals surface area contributed by atoms with Crippen LogP contribution in [0.2, 0.25) is 0 Å². The minimum atomic E-state index is -3.72. The molecule has 0 amide bonds. The second-order valence-corrected chi connectivity index (χ2v) is 9.74. The Hall–Kier alpha value is -2.13. The molecule has 4 aliphatic carbocycles. The number of nitrogens with one attached hydrogen (secondary N) is 1. The second kappa shape index (κ2) is 4.98. The van der Waals surface area contributed by atoms with Crippen molar-refractivity contribution in [3.8, 4) is 0 Å². The van der Waals surface area contributed by atoms with E-state index >= 15 is 0 Å². The number of rotatable bonds is 5. The lowest BCUT2D eigenvalue weighted by Crippen LogP contribution is -2.67. The molecule has 2 bridgehead atoms. The Morgan fingerprint density at radius 1 is 1.19 bits per heavy atom. The van der Waals surface area contributed by atoms with Crippen molar-refractivity contribution in [3.63, 3.8) is 0 Å². The lowest BCUT2D eigenvalue weighted by Gasteiger charge is -2.61. The number of hydrogen-bond donors (Lipinski definition) is 2. The Morgan fingerprint density at radius 3 is 2.46 bits per heavy atom. The molecule has 1 aromatic heterocycles. The summed E-state index contributed by atoms with van der Waals surface area (Å²) in [7, 11) is -3.72. The van der Waals surface area contributed by atoms with Crippen molar-refractivity contribution in [2.75, 3.05) is 5.84 Å². The quantitative estimate of drug-likeness (QED) is 0.719. The maximum absolute atomic E-state index is 12.7. The summed E-state index contributed by atoms with van der Waals surface area (Å²) in [6.45, 7) is 0.488. The number of hydrogen-bond acceptors (Lipinski definition) is 5. The van der Waals surface area contributed by atoms with Crippen molar-refractivity contribution in [1.82, 2.24) is 14.0 Å². The molecule has 0 aliphatic heterocycles. The second-order valence-electron chi connectivity index (χ2n) is 8.05. The predicted molar refractivity (Wildman–Crippen MR) is 95.7 cm³/mol. The third kappa shape index (κ3) is 2.26. The van der Waals surface area contributed by atoms with Crippen molar-refractivity contribution >= 4 is 20.9 Å². The minimum absolute atomic E-state index is 0.0310. The van der Waals surface area contributed by atoms with Crippen LogP contribution in [-0.4, -0.2) is 23.2 Å². The number of nitrogens with two attached hydrogens (primary N) is 1. The fourth-order valence-corrected chi connectivity index (χ4v) is 5.68. The van der Waals surface area contributed by atoms with Gasteiger partial charge in [0.05, 0.1) is 15.8 Å². The number of sulfonamides is 1. The summed E-state index contributed by atoms with van der Waals surface area (Å²) >= 11 is 0. The molecule has 0 saturated heterocycles. The van der Waals surface area contributed by atoms with Crippen molar-refractivity contribution in [2.45, 2.75) is 49.1 Å². The number of aromatic nitrogens is 2. The van der Waals surface area contributed by atoms with Crippen LogP contribution in [-0.2, 0) is 16.6 Å². The zero-order valence-corrected chi connectivity index (χ0v) is 15.0. The van der Waals surface area contributed by atoms with Crippen LogP contribution in [0, 0.1) is 11.8 Å². The predicted octanol–water partition coefficient (Wildman–Crippen LogP) is 0.118. The molecule has 138 valence electrons. The normalized spacial score (nSPS) is 27.2. The first-order valence-corrected chi connectivity index (χ1v) is 10.4. The molecule has 4 fully saturated rings. The monoisotopic (exact) mass is 376 g/mol. The van der Waals surface area contributed by atoms with Crippen LogP contribution in [0.3, 0.4) is 0 Å². The van der Waals surface area contributed by atoms with E-state index < -0.39 is 21.3 Å². The van der Waals surface area contributed by atoms with Crippen LogP contribution < -0.4 is 21.8 Å². The summed E-state index contributed by atoms with van der Waals surface area (Å²) < 4.78 is 30.3. The molecule has 1 heterocycles. The Bertz CT molecular complexity index is 1140. The number of benzene rings is 1. The topological polar surface area (TPSA) is 116 Å². The molecule has 1 aromatic carbocycles. The SMILES string of the molecule is Nn1c(=O)c2cc(S(=O)(=O)NC34CC(C3)C4)ccc2n(CC2CC2)c1=O. The average Bonchev–Trinajstić information content (AvgIpc) is 3.35. The molecular weight excluding hydrogens is 356 g/mol. The van der Waals surface area contributed by atoms with Crippen molar-refractivity contribution in [2.24, 2.45) is 11.8 Å². The zero-order chi connectivity index (χ0) is 18.3. The molecular formula is C17H20N4O4S. The van der Waals surface area contributed by atoms with Gasteiger partial charge in [0.1, 0.15) is 0 Å². The van der Waals surface area contributed by atoms with E-state index in [1.54, 1.807) is 0 Å². The van der Waals surface area contributed by atoms with E-state index in [2.05, 4.69) is 4.72 Å². The van der Waals surface area contributed by atoms with Crippen molar-refractivity contribution < 1.29 is 8.42 Å². The molecule has 0 atom stereocenters. The molecule has 9 heteroatoms. The van der Waals surface area contributed by atoms with Gasteiger partial charge in [0.25, 0.3) is 5.56 Å². The van der Waals surface area contributed by atoms with Crippen LogP contribution in [0.15, 0.2) is 32.7 Å². The fourth-order valence-electron chi connectivity index (χ4n) is 4.22. The molecule has 0 unspecified atom stereocenters. The molecule has 26 heavy (non-hydrogen) atoms. The summed E-state index contributed by atoms with van der Waals surface area (Å²) in [5, 5.41) is 0.147. The molecule has 0 radical (unpaired) electrons. The average molecular weight is 376 g/mol. The molecule has 0 spiro atoms. The summed E-state index contributed by atoms with van der Waals surface area (Å²) in [5.74, 6) is 6.70. The maximum atomic E-state index is 12.7. The highest BCUT2D eigenvalue weighted by Gasteiger charge is 2.58. The maximum Gasteiger partial charge on any atom is 0.350 e. The van der Waals surface area contributed by atoms with Gasteiger partial charge in [0.2, 0.25) is 10.0 Å². The van der Waals surface area contributed by atoms with Gasteiger partial charge in [-0.15, -0.1) is 0 Å². The van der Waals surface area contributed by atoms with Gasteiger partial charge in [-0.3, -0.25) is 9.36 Å². The van der Waals surface area contributed by atoms with Crippen LogP contribution in [0.4, 0.5) is 0 Å². The highest BCUT2D eigenvalue weighted by Crippen LogP contribution is 2.57. The van der Waals surface area contributed by atoms with Gasteiger partial charge in [0, 0.05) is 12.1 Å². The number of fused-ring (bicyclic) bond motifs is 1. The molecule has 2 aromatic rings. The fraction of sp³-hybridized carbons (Fsp3) is 0.529. The van der Waals surface area contributed by atoms with E-state index in [1.165, 1.54) is 22.8 Å². The van der Waals surface area contributed by atoms with Gasteiger partial charge in [-0.2, -0.15) is 4.68 Å². The highest BCUT2D eigenvalue weighted by molar-refractivity contribution is 7.89. The van der Waals surface area contributed by atoms with E-state index in [0.717, 1.165) is 32.1 Å². The van der Waals surface area contributed by atoms with E-state index in [0.29, 0.717) is 28.6 Å². The van der Waals surface area contributed by atoms with Crippen LogP contribution in [0.5, 0.6) is 0 Å². The van der Waals surface area contributed by atoms with Gasteiger partial charge in [-0.25, -0.2) is 17.9 Å². The largest absolute Gasteiger partial charge is 0.350 e. The van der Waals surface area contributed by atoms with E-state index in [-0.39, 0.29) is 15.8 Å². The Labute approximate surface area is 149 Å². The summed E-state index contributed by atoms with van der Waals surface area (Å²) in [5.41, 5.74) is -1.12. The summed E-state index contributed by atoms with van der Waals surface area (Å²) in [4.78, 5) is 24.8. The third-order valence-electron chi connectivity index (χ3n) is 5.98. The van der Waals surface area contributed by atoms with E-state index in [4.69, 9.17) is 5.84 Å². The number of nitrogens with zero attached hydrogens (tertiary/aromatic N) is 2. The van der Waals surface area contributed by atoms with Gasteiger partial charge in [0.15, 0.2) is 0 Å². The summed E-state index contributed by atoms with van der Waals surface area (Å²) in [6.07, 6.45) is 4.73. The molecule has 3 N–H and O–H groups in total. The molecule has 8 nitrogen and oxygen atoms in total. The van der Waals surface area contributed by atoms with Gasteiger partial charge in [-0.1, -0.05) is 0 Å². The Balaban J connectivity index is 1.62. The van der Waals surface area contributed by atoms with Crippen LogP contribution in [0.1, 0.15) is 32.1 Å². The van der Waals surface area contributed by atoms with Gasteiger partial charge in [-0.05, 0) is 62.1 Å². The first-order chi connectivity index (χ1) is 12.3. The van der Waals surface area contributed by atoms with Gasteiger partial charge < -0.3 is 5.84 Å². The van der Waals surface area contributed by atoms with E-state index in [9.17, 15) is 18.0 Å². The first-order valence-electron chi connectivity index (χ1n) is 8.87. The molecule has 6 rings (SSSR count). The van der Waals surface area contributed by atoms with E-state index in [1.807, 2.05) is 0 Å². The van der Waals surface area contributed by atoms with Crippen LogP contribution >= 0.6 is 0 Å². The zero-order valence-electron chi connectivity index (χ0n) is 14.1. The molecule has 4 saturated carbocycles. The summed E-state index contributed by atoms with van der Waals surface area (Å²) in [6, 6.07) is 4.33. The lowest BCUT2D eigenvalue weighted by atomic mass is 9.50. The highest BCUT2D eigenvalue weighted by atomic mass is 32.2. The lowest BCUT2D eigenvalue weighted by molar-refractivity contribution is -0.0317. The minimum Gasteiger partial charge on any atom is -0.332 e. The van der Waals surface area contributed by atoms with Crippen molar-refractivity contribution in [3.05, 3.63) is 39.0 Å².